The maximum Gasteiger partial charge on any atom is 0.296 e. The number of amides is 1. The van der Waals surface area contributed by atoms with Crippen LogP contribution in [0, 0.1) is 10.1 Å². The van der Waals surface area contributed by atoms with Crippen LogP contribution in [0.2, 0.25) is 0 Å². The van der Waals surface area contributed by atoms with Crippen LogP contribution in [0.25, 0.3) is 0 Å². The van der Waals surface area contributed by atoms with E-state index >= 15 is 0 Å². The molecule has 0 fully saturated rings. The number of ether oxygens (including phenoxy) is 1. The van der Waals surface area contributed by atoms with E-state index in [0.717, 1.165) is 5.56 Å². The summed E-state index contributed by atoms with van der Waals surface area (Å²) in [4.78, 5) is 24.8. The summed E-state index contributed by atoms with van der Waals surface area (Å²) in [5, 5.41) is 13.8. The predicted molar refractivity (Wildman–Crippen MR) is 105 cm³/mol. The fraction of sp³-hybridized carbons (Fsp3) is 0.350. The van der Waals surface area contributed by atoms with E-state index in [1.807, 2.05) is 11.9 Å². The number of nitrogens with one attached hydrogen (secondary N) is 1. The minimum Gasteiger partial charge on any atom is -0.496 e. The van der Waals surface area contributed by atoms with Gasteiger partial charge in [-0.15, -0.1) is 0 Å². The molecule has 2 rings (SSSR count). The highest BCUT2D eigenvalue weighted by molar-refractivity contribution is 5.94. The van der Waals surface area contributed by atoms with Crippen molar-refractivity contribution in [3.05, 3.63) is 63.7 Å². The number of benzene rings is 2. The van der Waals surface area contributed by atoms with Crippen molar-refractivity contribution >= 4 is 17.3 Å². The molecule has 2 aromatic rings. The van der Waals surface area contributed by atoms with Gasteiger partial charge < -0.3 is 10.1 Å². The molecule has 144 valence electrons. The van der Waals surface area contributed by atoms with Crippen molar-refractivity contribution in [2.75, 3.05) is 26.0 Å². The first-order chi connectivity index (χ1) is 12.8. The van der Waals surface area contributed by atoms with Crippen molar-refractivity contribution in [3.8, 4) is 5.75 Å². The summed E-state index contributed by atoms with van der Waals surface area (Å²) < 4.78 is 4.99. The monoisotopic (exact) mass is 371 g/mol. The lowest BCUT2D eigenvalue weighted by molar-refractivity contribution is -0.384. The van der Waals surface area contributed by atoms with Crippen LogP contribution in [0.15, 0.2) is 42.5 Å². The van der Waals surface area contributed by atoms with E-state index in [1.165, 1.54) is 24.8 Å². The van der Waals surface area contributed by atoms with Gasteiger partial charge in [-0.3, -0.25) is 19.8 Å². The number of methoxy groups -OCH3 is 1. The maximum atomic E-state index is 12.3. The first-order valence-corrected chi connectivity index (χ1v) is 8.69. The number of nitro groups is 1. The number of nitrogens with zero attached hydrogens (tertiary/aromatic N) is 2. The summed E-state index contributed by atoms with van der Waals surface area (Å²) in [6.45, 7) is 5.01. The van der Waals surface area contributed by atoms with Crippen molar-refractivity contribution in [3.63, 3.8) is 0 Å². The van der Waals surface area contributed by atoms with Crippen LogP contribution in [0.3, 0.4) is 0 Å². The lowest BCUT2D eigenvalue weighted by Gasteiger charge is -2.17. The van der Waals surface area contributed by atoms with Crippen LogP contribution in [-0.4, -0.2) is 36.4 Å². The van der Waals surface area contributed by atoms with Crippen molar-refractivity contribution in [1.82, 2.24) is 4.90 Å². The van der Waals surface area contributed by atoms with E-state index in [-0.39, 0.29) is 23.8 Å². The average molecular weight is 371 g/mol. The molecule has 0 spiro atoms. The highest BCUT2D eigenvalue weighted by Crippen LogP contribution is 2.28. The van der Waals surface area contributed by atoms with Gasteiger partial charge in [0.15, 0.2) is 0 Å². The number of carbonyl (C=O) groups excluding carboxylic acids is 1. The largest absolute Gasteiger partial charge is 0.496 e. The van der Waals surface area contributed by atoms with Gasteiger partial charge in [-0.1, -0.05) is 38.1 Å². The normalized spacial score (nSPS) is 10.9. The third kappa shape index (κ3) is 5.79. The third-order valence-corrected chi connectivity index (χ3v) is 4.19. The second kappa shape index (κ2) is 9.14. The van der Waals surface area contributed by atoms with Crippen LogP contribution in [0.4, 0.5) is 11.4 Å². The van der Waals surface area contributed by atoms with Crippen molar-refractivity contribution < 1.29 is 14.5 Å². The molecule has 0 heterocycles. The highest BCUT2D eigenvalue weighted by atomic mass is 16.6. The van der Waals surface area contributed by atoms with Gasteiger partial charge in [0.05, 0.1) is 24.6 Å². The summed E-state index contributed by atoms with van der Waals surface area (Å²) in [6, 6.07) is 12.6. The second-order valence-corrected chi connectivity index (χ2v) is 6.76. The fourth-order valence-corrected chi connectivity index (χ4v) is 2.71. The number of rotatable bonds is 8. The molecule has 0 aromatic heterocycles. The van der Waals surface area contributed by atoms with Gasteiger partial charge in [-0.2, -0.15) is 0 Å². The Bertz CT molecular complexity index is 803. The quantitative estimate of drug-likeness (QED) is 0.564. The zero-order chi connectivity index (χ0) is 20.0. The van der Waals surface area contributed by atoms with E-state index in [2.05, 4.69) is 43.4 Å². The molecule has 0 radical (unpaired) electrons. The van der Waals surface area contributed by atoms with E-state index < -0.39 is 4.92 Å². The Hall–Kier alpha value is -2.93. The number of hydrogen-bond donors (Lipinski definition) is 1. The van der Waals surface area contributed by atoms with Gasteiger partial charge in [0, 0.05) is 6.54 Å². The Kier molecular flexibility index (Phi) is 6.90. The molecular weight excluding hydrogens is 346 g/mol. The van der Waals surface area contributed by atoms with Crippen LogP contribution in [0.1, 0.15) is 30.9 Å². The Morgan fingerprint density at radius 1 is 1.22 bits per heavy atom. The highest BCUT2D eigenvalue weighted by Gasteiger charge is 2.18. The summed E-state index contributed by atoms with van der Waals surface area (Å²) in [5.41, 5.74) is 2.33. The first-order valence-electron chi connectivity index (χ1n) is 8.69. The first kappa shape index (κ1) is 20.4. The maximum absolute atomic E-state index is 12.3. The molecule has 1 N–H and O–H groups in total. The molecule has 0 atom stereocenters. The summed E-state index contributed by atoms with van der Waals surface area (Å²) >= 11 is 0. The molecule has 2 aromatic carbocycles. The van der Waals surface area contributed by atoms with Crippen LogP contribution < -0.4 is 10.1 Å². The molecule has 27 heavy (non-hydrogen) atoms. The second-order valence-electron chi connectivity index (χ2n) is 6.76. The minimum atomic E-state index is -0.544. The Morgan fingerprint density at radius 2 is 1.89 bits per heavy atom. The summed E-state index contributed by atoms with van der Waals surface area (Å²) in [7, 11) is 3.26. The SMILES string of the molecule is COc1ccc(NC(=O)CN(C)Cc2ccc(C(C)C)cc2)c([N+](=O)[O-])c1. The van der Waals surface area contributed by atoms with Crippen molar-refractivity contribution in [2.24, 2.45) is 0 Å². The molecule has 7 heteroatoms. The Balaban J connectivity index is 1.98. The molecule has 0 saturated carbocycles. The van der Waals surface area contributed by atoms with Gasteiger partial charge in [-0.05, 0) is 36.2 Å². The van der Waals surface area contributed by atoms with Crippen LogP contribution in [0.5, 0.6) is 5.75 Å². The topological polar surface area (TPSA) is 84.7 Å². The standard InChI is InChI=1S/C20H25N3O4/c1-14(2)16-7-5-15(6-8-16)12-22(3)13-20(24)21-18-10-9-17(27-4)11-19(18)23(25)26/h5-11,14H,12-13H2,1-4H3,(H,21,24). The zero-order valence-corrected chi connectivity index (χ0v) is 16.1. The number of nitro benzene ring substituents is 1. The molecule has 0 bridgehead atoms. The zero-order valence-electron chi connectivity index (χ0n) is 16.1. The Morgan fingerprint density at radius 3 is 2.44 bits per heavy atom. The molecular formula is C20H25N3O4. The van der Waals surface area contributed by atoms with Crippen LogP contribution >= 0.6 is 0 Å². The number of carbonyl (C=O) groups is 1. The van der Waals surface area contributed by atoms with E-state index in [0.29, 0.717) is 18.2 Å². The fourth-order valence-electron chi connectivity index (χ4n) is 2.71. The van der Waals surface area contributed by atoms with Crippen molar-refractivity contribution in [2.45, 2.75) is 26.3 Å². The smallest absolute Gasteiger partial charge is 0.296 e. The van der Waals surface area contributed by atoms with E-state index in [4.69, 9.17) is 4.74 Å². The Labute approximate surface area is 159 Å². The van der Waals surface area contributed by atoms with E-state index in [1.54, 1.807) is 6.07 Å². The molecule has 0 unspecified atom stereocenters. The van der Waals surface area contributed by atoms with Gasteiger partial charge in [0.2, 0.25) is 5.91 Å². The van der Waals surface area contributed by atoms with Gasteiger partial charge in [0.1, 0.15) is 11.4 Å². The lowest BCUT2D eigenvalue weighted by atomic mass is 10.0. The van der Waals surface area contributed by atoms with Gasteiger partial charge in [0.25, 0.3) is 5.69 Å². The predicted octanol–water partition coefficient (Wildman–Crippen LogP) is 3.80. The molecule has 0 aliphatic rings. The van der Waals surface area contributed by atoms with Gasteiger partial charge >= 0.3 is 0 Å². The molecule has 0 aliphatic heterocycles. The summed E-state index contributed by atoms with van der Waals surface area (Å²) in [5.74, 6) is 0.522. The number of anilines is 1. The average Bonchev–Trinajstić information content (AvgIpc) is 2.62. The molecule has 1 amide bonds. The van der Waals surface area contributed by atoms with Crippen molar-refractivity contribution in [1.29, 1.82) is 0 Å². The number of hydrogen-bond acceptors (Lipinski definition) is 5. The van der Waals surface area contributed by atoms with E-state index in [9.17, 15) is 14.9 Å². The molecule has 0 aliphatic carbocycles. The van der Waals surface area contributed by atoms with Gasteiger partial charge in [-0.25, -0.2) is 0 Å². The summed E-state index contributed by atoms with van der Waals surface area (Å²) in [6.07, 6.45) is 0. The van der Waals surface area contributed by atoms with Crippen LogP contribution in [-0.2, 0) is 11.3 Å². The lowest BCUT2D eigenvalue weighted by Crippen LogP contribution is -2.30. The molecule has 7 nitrogen and oxygen atoms in total. The minimum absolute atomic E-state index is 0.120. The number of likely N-dealkylation sites (N-methyl/N-ethyl adjacent to an activating group) is 1. The molecule has 0 saturated heterocycles. The third-order valence-electron chi connectivity index (χ3n) is 4.19.